The molecule has 0 aromatic heterocycles. The Hall–Kier alpha value is -1.00. The van der Waals surface area contributed by atoms with Crippen LogP contribution in [-0.4, -0.2) is 46.8 Å². The quantitative estimate of drug-likeness (QED) is 0.692. The number of nitrogens with zero attached hydrogens (tertiary/aromatic N) is 1. The molecular formula is C16H27N3O4S2. The van der Waals surface area contributed by atoms with E-state index in [9.17, 15) is 16.8 Å². The van der Waals surface area contributed by atoms with E-state index in [-0.39, 0.29) is 28.3 Å². The van der Waals surface area contributed by atoms with E-state index in [0.717, 1.165) is 12.8 Å². The van der Waals surface area contributed by atoms with E-state index in [1.54, 1.807) is 0 Å². The Balaban J connectivity index is 2.27. The summed E-state index contributed by atoms with van der Waals surface area (Å²) in [5, 5.41) is 0. The molecule has 1 atom stereocenters. The first-order chi connectivity index (χ1) is 11.7. The Morgan fingerprint density at radius 1 is 1.12 bits per heavy atom. The van der Waals surface area contributed by atoms with Crippen LogP contribution in [0.15, 0.2) is 34.1 Å². The highest BCUT2D eigenvalue weighted by Crippen LogP contribution is 2.23. The van der Waals surface area contributed by atoms with E-state index in [2.05, 4.69) is 4.72 Å². The number of hydrogen-bond donors (Lipinski definition) is 2. The number of sulfonamides is 2. The van der Waals surface area contributed by atoms with E-state index in [1.807, 2.05) is 13.8 Å². The van der Waals surface area contributed by atoms with E-state index in [0.29, 0.717) is 19.5 Å². The van der Waals surface area contributed by atoms with Crippen LogP contribution in [0.1, 0.15) is 33.1 Å². The van der Waals surface area contributed by atoms with Crippen molar-refractivity contribution in [2.45, 2.75) is 48.9 Å². The molecule has 1 fully saturated rings. The lowest BCUT2D eigenvalue weighted by Crippen LogP contribution is -2.41. The number of nitrogens with one attached hydrogen (secondary N) is 1. The molecule has 25 heavy (non-hydrogen) atoms. The molecule has 1 aliphatic rings. The Labute approximate surface area is 150 Å². The fourth-order valence-electron chi connectivity index (χ4n) is 2.93. The van der Waals surface area contributed by atoms with Gasteiger partial charge in [-0.15, -0.1) is 0 Å². The third-order valence-corrected chi connectivity index (χ3v) is 7.59. The summed E-state index contributed by atoms with van der Waals surface area (Å²) in [7, 11) is -7.49. The van der Waals surface area contributed by atoms with Crippen molar-refractivity contribution in [3.63, 3.8) is 0 Å². The molecule has 2 rings (SSSR count). The van der Waals surface area contributed by atoms with Crippen LogP contribution in [0.3, 0.4) is 0 Å². The van der Waals surface area contributed by atoms with Gasteiger partial charge in [-0.05, 0) is 43.4 Å². The SMILES string of the molecule is CC(C)CC(CN)NS(=O)(=O)c1cccc(S(=O)(=O)N2CCCC2)c1. The van der Waals surface area contributed by atoms with E-state index in [1.165, 1.54) is 28.6 Å². The van der Waals surface area contributed by atoms with Gasteiger partial charge in [-0.2, -0.15) is 4.31 Å². The van der Waals surface area contributed by atoms with Crippen LogP contribution in [0.25, 0.3) is 0 Å². The molecule has 0 amide bonds. The number of hydrogen-bond acceptors (Lipinski definition) is 5. The molecule has 1 aliphatic heterocycles. The summed E-state index contributed by atoms with van der Waals surface area (Å²) in [6, 6.07) is 5.12. The first kappa shape index (κ1) is 20.3. The Morgan fingerprint density at radius 2 is 1.72 bits per heavy atom. The maximum atomic E-state index is 12.6. The van der Waals surface area contributed by atoms with Gasteiger partial charge in [0.15, 0.2) is 0 Å². The van der Waals surface area contributed by atoms with Gasteiger partial charge < -0.3 is 5.73 Å². The molecule has 0 bridgehead atoms. The van der Waals surface area contributed by atoms with Crippen LogP contribution in [0, 0.1) is 5.92 Å². The third-order valence-electron chi connectivity index (χ3n) is 4.18. The fourth-order valence-corrected chi connectivity index (χ4v) is 5.87. The van der Waals surface area contributed by atoms with Crippen LogP contribution in [0.2, 0.25) is 0 Å². The van der Waals surface area contributed by atoms with E-state index in [4.69, 9.17) is 5.73 Å². The van der Waals surface area contributed by atoms with Crippen molar-refractivity contribution < 1.29 is 16.8 Å². The summed E-state index contributed by atoms with van der Waals surface area (Å²) < 4.78 is 54.4. The molecule has 0 spiro atoms. The molecule has 9 heteroatoms. The predicted molar refractivity (Wildman–Crippen MR) is 97.1 cm³/mol. The molecule has 1 aromatic carbocycles. The molecule has 0 aliphatic carbocycles. The smallest absolute Gasteiger partial charge is 0.243 e. The van der Waals surface area contributed by atoms with Crippen molar-refractivity contribution in [2.24, 2.45) is 11.7 Å². The zero-order valence-electron chi connectivity index (χ0n) is 14.7. The molecule has 1 heterocycles. The Morgan fingerprint density at radius 3 is 2.28 bits per heavy atom. The van der Waals surface area contributed by atoms with Crippen LogP contribution in [0.5, 0.6) is 0 Å². The highest BCUT2D eigenvalue weighted by Gasteiger charge is 2.28. The highest BCUT2D eigenvalue weighted by atomic mass is 32.2. The Bertz CT molecular complexity index is 785. The molecule has 142 valence electrons. The minimum Gasteiger partial charge on any atom is -0.329 e. The summed E-state index contributed by atoms with van der Waals surface area (Å²) in [6.45, 7) is 5.10. The zero-order valence-corrected chi connectivity index (χ0v) is 16.3. The van der Waals surface area contributed by atoms with Crippen LogP contribution >= 0.6 is 0 Å². The Kier molecular flexibility index (Phi) is 6.61. The second-order valence-electron chi connectivity index (χ2n) is 6.77. The molecule has 1 unspecified atom stereocenters. The maximum Gasteiger partial charge on any atom is 0.243 e. The highest BCUT2D eigenvalue weighted by molar-refractivity contribution is 7.90. The predicted octanol–water partition coefficient (Wildman–Crippen LogP) is 1.12. The van der Waals surface area contributed by atoms with Crippen molar-refractivity contribution in [3.8, 4) is 0 Å². The van der Waals surface area contributed by atoms with Crippen molar-refractivity contribution in [1.82, 2.24) is 9.03 Å². The number of benzene rings is 1. The van der Waals surface area contributed by atoms with Gasteiger partial charge in [0.1, 0.15) is 0 Å². The van der Waals surface area contributed by atoms with Crippen molar-refractivity contribution in [2.75, 3.05) is 19.6 Å². The van der Waals surface area contributed by atoms with Gasteiger partial charge in [0.05, 0.1) is 9.79 Å². The first-order valence-corrected chi connectivity index (χ1v) is 11.4. The molecule has 7 nitrogen and oxygen atoms in total. The maximum absolute atomic E-state index is 12.6. The topological polar surface area (TPSA) is 110 Å². The lowest BCUT2D eigenvalue weighted by atomic mass is 10.1. The second-order valence-corrected chi connectivity index (χ2v) is 10.4. The van der Waals surface area contributed by atoms with Gasteiger partial charge in [-0.3, -0.25) is 0 Å². The summed E-state index contributed by atoms with van der Waals surface area (Å²) >= 11 is 0. The van der Waals surface area contributed by atoms with E-state index < -0.39 is 20.0 Å². The number of nitrogens with two attached hydrogens (primary N) is 1. The second kappa shape index (κ2) is 8.13. The molecule has 1 saturated heterocycles. The lowest BCUT2D eigenvalue weighted by Gasteiger charge is -2.19. The van der Waals surface area contributed by atoms with Crippen molar-refractivity contribution in [1.29, 1.82) is 0 Å². The average molecular weight is 390 g/mol. The molecule has 0 radical (unpaired) electrons. The zero-order chi connectivity index (χ0) is 18.7. The van der Waals surface area contributed by atoms with Crippen LogP contribution in [0.4, 0.5) is 0 Å². The van der Waals surface area contributed by atoms with Gasteiger partial charge in [0.2, 0.25) is 20.0 Å². The van der Waals surface area contributed by atoms with Gasteiger partial charge in [0, 0.05) is 25.7 Å². The molecule has 1 aromatic rings. The molecule has 3 N–H and O–H groups in total. The minimum atomic E-state index is -3.84. The average Bonchev–Trinajstić information content (AvgIpc) is 3.09. The molecular weight excluding hydrogens is 362 g/mol. The van der Waals surface area contributed by atoms with Gasteiger partial charge in [-0.1, -0.05) is 19.9 Å². The first-order valence-electron chi connectivity index (χ1n) is 8.49. The normalized spacial score (nSPS) is 17.9. The largest absolute Gasteiger partial charge is 0.329 e. The number of rotatable bonds is 8. The summed E-state index contributed by atoms with van der Waals surface area (Å²) in [6.07, 6.45) is 2.26. The third kappa shape index (κ3) is 5.01. The van der Waals surface area contributed by atoms with Crippen molar-refractivity contribution >= 4 is 20.0 Å². The van der Waals surface area contributed by atoms with E-state index >= 15 is 0 Å². The minimum absolute atomic E-state index is 0.00503. The lowest BCUT2D eigenvalue weighted by molar-refractivity contribution is 0.465. The summed E-state index contributed by atoms with van der Waals surface area (Å²) in [5.74, 6) is 0.290. The summed E-state index contributed by atoms with van der Waals surface area (Å²) in [5.41, 5.74) is 5.66. The van der Waals surface area contributed by atoms with Gasteiger partial charge >= 0.3 is 0 Å². The van der Waals surface area contributed by atoms with Crippen LogP contribution < -0.4 is 10.5 Å². The van der Waals surface area contributed by atoms with Gasteiger partial charge in [0.25, 0.3) is 0 Å². The summed E-state index contributed by atoms with van der Waals surface area (Å²) in [4.78, 5) is -0.0552. The fraction of sp³-hybridized carbons (Fsp3) is 0.625. The molecule has 0 saturated carbocycles. The van der Waals surface area contributed by atoms with Crippen LogP contribution in [-0.2, 0) is 20.0 Å². The monoisotopic (exact) mass is 389 g/mol. The van der Waals surface area contributed by atoms with Gasteiger partial charge in [-0.25, -0.2) is 21.6 Å². The standard InChI is InChI=1S/C16H27N3O4S2/c1-13(2)10-14(12-17)18-24(20,21)15-6-5-7-16(11-15)25(22,23)19-8-3-4-9-19/h5-7,11,13-14,18H,3-4,8-10,12,17H2,1-2H3. The van der Waals surface area contributed by atoms with Crippen molar-refractivity contribution in [3.05, 3.63) is 24.3 Å².